The second-order valence-electron chi connectivity index (χ2n) is 5.81. The largest absolute Gasteiger partial charge is 0.383 e. The van der Waals surface area contributed by atoms with Gasteiger partial charge in [0, 0.05) is 37.1 Å². The van der Waals surface area contributed by atoms with Crippen LogP contribution in [0, 0.1) is 6.92 Å². The van der Waals surface area contributed by atoms with Crippen LogP contribution in [0.5, 0.6) is 0 Å². The molecule has 0 spiro atoms. The number of nitrogens with one attached hydrogen (secondary N) is 1. The minimum absolute atomic E-state index is 0.0322. The summed E-state index contributed by atoms with van der Waals surface area (Å²) in [6, 6.07) is 11.7. The number of hydrogen-bond acceptors (Lipinski definition) is 3. The highest BCUT2D eigenvalue weighted by Crippen LogP contribution is 2.20. The van der Waals surface area contributed by atoms with Gasteiger partial charge >= 0.3 is 0 Å². The smallest absolute Gasteiger partial charge is 0.228 e. The van der Waals surface area contributed by atoms with Crippen LogP contribution in [-0.2, 0) is 22.5 Å². The van der Waals surface area contributed by atoms with E-state index < -0.39 is 0 Å². The third-order valence-electron chi connectivity index (χ3n) is 3.91. The third kappa shape index (κ3) is 3.63. The van der Waals surface area contributed by atoms with E-state index in [1.165, 1.54) is 0 Å². The summed E-state index contributed by atoms with van der Waals surface area (Å²) >= 11 is 0. The molecule has 0 unspecified atom stereocenters. The van der Waals surface area contributed by atoms with E-state index >= 15 is 0 Å². The van der Waals surface area contributed by atoms with Gasteiger partial charge in [-0.05, 0) is 42.3 Å². The Morgan fingerprint density at radius 1 is 1.29 bits per heavy atom. The molecule has 124 valence electrons. The highest BCUT2D eigenvalue weighted by molar-refractivity contribution is 5.95. The number of rotatable bonds is 6. The number of pyridine rings is 1. The van der Waals surface area contributed by atoms with E-state index in [9.17, 15) is 4.79 Å². The first-order valence-electron chi connectivity index (χ1n) is 7.95. The molecule has 1 N–H and O–H groups in total. The predicted molar refractivity (Wildman–Crippen MR) is 95.1 cm³/mol. The second-order valence-corrected chi connectivity index (χ2v) is 5.81. The molecule has 3 aromatic rings. The second kappa shape index (κ2) is 7.27. The van der Waals surface area contributed by atoms with Crippen LogP contribution < -0.4 is 5.32 Å². The van der Waals surface area contributed by atoms with Crippen molar-refractivity contribution >= 4 is 22.6 Å². The maximum absolute atomic E-state index is 12.4. The van der Waals surface area contributed by atoms with E-state index in [-0.39, 0.29) is 5.91 Å². The highest BCUT2D eigenvalue weighted by Gasteiger charge is 2.13. The van der Waals surface area contributed by atoms with Gasteiger partial charge in [0.1, 0.15) is 5.65 Å². The molecule has 24 heavy (non-hydrogen) atoms. The zero-order valence-corrected chi connectivity index (χ0v) is 14.0. The summed E-state index contributed by atoms with van der Waals surface area (Å²) in [4.78, 5) is 16.8. The van der Waals surface area contributed by atoms with Crippen molar-refractivity contribution < 1.29 is 9.53 Å². The number of aryl methyl sites for hydroxylation is 1. The van der Waals surface area contributed by atoms with Crippen LogP contribution in [0.25, 0.3) is 11.0 Å². The van der Waals surface area contributed by atoms with Crippen LogP contribution in [-0.4, -0.2) is 29.2 Å². The number of amides is 1. The zero-order valence-electron chi connectivity index (χ0n) is 14.0. The lowest BCUT2D eigenvalue weighted by Crippen LogP contribution is -2.14. The van der Waals surface area contributed by atoms with Gasteiger partial charge in [-0.3, -0.25) is 4.79 Å². The number of aromatic nitrogens is 2. The molecule has 2 heterocycles. The Bertz CT molecular complexity index is 855. The Balaban J connectivity index is 1.80. The molecule has 5 nitrogen and oxygen atoms in total. The Hall–Kier alpha value is -2.66. The number of methoxy groups -OCH3 is 1. The topological polar surface area (TPSA) is 56.1 Å². The minimum atomic E-state index is -0.0322. The molecule has 0 aliphatic heterocycles. The SMILES string of the molecule is COCCn1cc(CC(=O)Nc2cccc(C)c2)c2cccnc21. The lowest BCUT2D eigenvalue weighted by Gasteiger charge is -2.05. The molecule has 0 saturated carbocycles. The molecule has 0 aliphatic rings. The van der Waals surface area contributed by atoms with Crippen molar-refractivity contribution in [1.29, 1.82) is 0 Å². The number of carbonyl (C=O) groups excluding carboxylic acids is 1. The molecule has 1 aromatic carbocycles. The molecule has 1 amide bonds. The predicted octanol–water partition coefficient (Wildman–Crippen LogP) is 3.17. The monoisotopic (exact) mass is 323 g/mol. The molecule has 3 rings (SSSR count). The molecule has 0 saturated heterocycles. The molecule has 0 aliphatic carbocycles. The summed E-state index contributed by atoms with van der Waals surface area (Å²) in [7, 11) is 1.68. The number of hydrogen-bond donors (Lipinski definition) is 1. The lowest BCUT2D eigenvalue weighted by atomic mass is 10.1. The standard InChI is InChI=1S/C19H21N3O2/c1-14-5-3-6-16(11-14)21-18(23)12-15-13-22(9-10-24-2)19-17(15)7-4-8-20-19/h3-8,11,13H,9-10,12H2,1-2H3,(H,21,23). The van der Waals surface area contributed by atoms with Crippen molar-refractivity contribution in [3.8, 4) is 0 Å². The van der Waals surface area contributed by atoms with E-state index in [0.29, 0.717) is 19.6 Å². The van der Waals surface area contributed by atoms with Gasteiger partial charge in [-0.2, -0.15) is 0 Å². The van der Waals surface area contributed by atoms with E-state index in [4.69, 9.17) is 4.74 Å². The van der Waals surface area contributed by atoms with E-state index in [1.54, 1.807) is 13.3 Å². The van der Waals surface area contributed by atoms with Crippen molar-refractivity contribution in [3.05, 3.63) is 59.9 Å². The number of benzene rings is 1. The average Bonchev–Trinajstić information content (AvgIpc) is 2.91. The Morgan fingerprint density at radius 2 is 2.17 bits per heavy atom. The maximum atomic E-state index is 12.4. The van der Waals surface area contributed by atoms with Gasteiger partial charge in [0.15, 0.2) is 0 Å². The fourth-order valence-corrected chi connectivity index (χ4v) is 2.80. The van der Waals surface area contributed by atoms with Crippen LogP contribution in [0.15, 0.2) is 48.8 Å². The Labute approximate surface area is 141 Å². The number of anilines is 1. The van der Waals surface area contributed by atoms with Crippen molar-refractivity contribution in [2.75, 3.05) is 19.0 Å². The van der Waals surface area contributed by atoms with E-state index in [1.807, 2.05) is 54.1 Å². The summed E-state index contributed by atoms with van der Waals surface area (Å²) in [5.41, 5.74) is 3.79. The van der Waals surface area contributed by atoms with Crippen LogP contribution in [0.4, 0.5) is 5.69 Å². The maximum Gasteiger partial charge on any atom is 0.228 e. The molecule has 2 aromatic heterocycles. The third-order valence-corrected chi connectivity index (χ3v) is 3.91. The van der Waals surface area contributed by atoms with Gasteiger partial charge in [0.2, 0.25) is 5.91 Å². The van der Waals surface area contributed by atoms with Crippen LogP contribution in [0.2, 0.25) is 0 Å². The fraction of sp³-hybridized carbons (Fsp3) is 0.263. The summed E-state index contributed by atoms with van der Waals surface area (Å²) in [6.07, 6.45) is 4.07. The summed E-state index contributed by atoms with van der Waals surface area (Å²) in [5.74, 6) is -0.0322. The van der Waals surface area contributed by atoms with Gasteiger partial charge in [0.05, 0.1) is 13.0 Å². The van der Waals surface area contributed by atoms with Crippen LogP contribution in [0.3, 0.4) is 0 Å². The quantitative estimate of drug-likeness (QED) is 0.758. The molecular weight excluding hydrogens is 302 g/mol. The summed E-state index contributed by atoms with van der Waals surface area (Å²) in [6.45, 7) is 3.32. The minimum Gasteiger partial charge on any atom is -0.383 e. The first-order valence-corrected chi connectivity index (χ1v) is 7.95. The van der Waals surface area contributed by atoms with Crippen molar-refractivity contribution in [1.82, 2.24) is 9.55 Å². The number of ether oxygens (including phenoxy) is 1. The summed E-state index contributed by atoms with van der Waals surface area (Å²) < 4.78 is 7.18. The van der Waals surface area contributed by atoms with Crippen molar-refractivity contribution in [2.45, 2.75) is 19.9 Å². The first-order chi connectivity index (χ1) is 11.7. The van der Waals surface area contributed by atoms with Crippen molar-refractivity contribution in [3.63, 3.8) is 0 Å². The number of nitrogens with zero attached hydrogens (tertiary/aromatic N) is 2. The highest BCUT2D eigenvalue weighted by atomic mass is 16.5. The number of fused-ring (bicyclic) bond motifs is 1. The molecular formula is C19H21N3O2. The normalized spacial score (nSPS) is 10.9. The molecule has 0 atom stereocenters. The molecule has 5 heteroatoms. The van der Waals surface area contributed by atoms with Crippen LogP contribution >= 0.6 is 0 Å². The van der Waals surface area contributed by atoms with Crippen LogP contribution in [0.1, 0.15) is 11.1 Å². The van der Waals surface area contributed by atoms with Gasteiger partial charge in [-0.25, -0.2) is 4.98 Å². The first kappa shape index (κ1) is 16.2. The summed E-state index contributed by atoms with van der Waals surface area (Å²) in [5, 5.41) is 3.96. The van der Waals surface area contributed by atoms with Gasteiger partial charge in [0.25, 0.3) is 0 Å². The fourth-order valence-electron chi connectivity index (χ4n) is 2.80. The Morgan fingerprint density at radius 3 is 2.96 bits per heavy atom. The van der Waals surface area contributed by atoms with Gasteiger partial charge in [-0.15, -0.1) is 0 Å². The van der Waals surface area contributed by atoms with Gasteiger partial charge in [-0.1, -0.05) is 12.1 Å². The molecule has 0 fully saturated rings. The lowest BCUT2D eigenvalue weighted by molar-refractivity contribution is -0.115. The average molecular weight is 323 g/mol. The van der Waals surface area contributed by atoms with Gasteiger partial charge < -0.3 is 14.6 Å². The molecule has 0 bridgehead atoms. The molecule has 0 radical (unpaired) electrons. The van der Waals surface area contributed by atoms with Crippen molar-refractivity contribution in [2.24, 2.45) is 0 Å². The van der Waals surface area contributed by atoms with E-state index in [2.05, 4.69) is 10.3 Å². The Kier molecular flexibility index (Phi) is 4.91. The van der Waals surface area contributed by atoms with E-state index in [0.717, 1.165) is 27.8 Å². The number of carbonyl (C=O) groups is 1. The zero-order chi connectivity index (χ0) is 16.9.